The summed E-state index contributed by atoms with van der Waals surface area (Å²) in [6.45, 7) is 5.45. The van der Waals surface area contributed by atoms with Gasteiger partial charge in [0.2, 0.25) is 0 Å². The van der Waals surface area contributed by atoms with Crippen LogP contribution in [0.4, 0.5) is 11.6 Å². The summed E-state index contributed by atoms with van der Waals surface area (Å²) >= 11 is 0. The average Bonchev–Trinajstić information content (AvgIpc) is 3.47. The molecule has 0 radical (unpaired) electrons. The Morgan fingerprint density at radius 2 is 2.10 bits per heavy atom. The summed E-state index contributed by atoms with van der Waals surface area (Å²) < 4.78 is 1.87. The lowest BCUT2D eigenvalue weighted by Crippen LogP contribution is -2.15. The van der Waals surface area contributed by atoms with Crippen molar-refractivity contribution in [2.24, 2.45) is 15.7 Å². The quantitative estimate of drug-likeness (QED) is 0.421. The van der Waals surface area contributed by atoms with Crippen LogP contribution in [0.2, 0.25) is 0 Å². The molecule has 0 bridgehead atoms. The Kier molecular flexibility index (Phi) is 5.85. The molecule has 4 N–H and O–H groups in total. The maximum Gasteiger partial charge on any atom is 0.256 e. The van der Waals surface area contributed by atoms with Gasteiger partial charge in [-0.25, -0.2) is 14.7 Å². The fraction of sp³-hybridized carbons (Fsp3) is 0.227. The van der Waals surface area contributed by atoms with Crippen LogP contribution in [0.25, 0.3) is 11.3 Å². The third kappa shape index (κ3) is 4.08. The molecule has 1 amide bonds. The van der Waals surface area contributed by atoms with E-state index in [0.717, 1.165) is 25.1 Å². The Hall–Kier alpha value is -3.85. The number of carbonyl (C=O) groups is 1. The highest BCUT2D eigenvalue weighted by atomic mass is 16.1. The second-order valence-corrected chi connectivity index (χ2v) is 7.15. The van der Waals surface area contributed by atoms with Gasteiger partial charge in [0.15, 0.2) is 5.82 Å². The van der Waals surface area contributed by atoms with Gasteiger partial charge in [0.05, 0.1) is 11.6 Å². The van der Waals surface area contributed by atoms with Gasteiger partial charge in [0, 0.05) is 30.9 Å². The topological polar surface area (TPSA) is 123 Å². The Morgan fingerprint density at radius 3 is 2.71 bits per heavy atom. The van der Waals surface area contributed by atoms with Crippen LogP contribution < -0.4 is 16.4 Å². The first-order chi connectivity index (χ1) is 15.1. The predicted octanol–water partition coefficient (Wildman–Crippen LogP) is 2.40. The number of hydrogen-bond acceptors (Lipinski definition) is 6. The molecule has 0 spiro atoms. The zero-order valence-electron chi connectivity index (χ0n) is 17.2. The lowest BCUT2D eigenvalue weighted by molar-refractivity contribution is 0.102. The van der Waals surface area contributed by atoms with Crippen molar-refractivity contribution in [1.29, 1.82) is 0 Å². The molecule has 31 heavy (non-hydrogen) atoms. The zero-order chi connectivity index (χ0) is 21.8. The molecular formula is C22H24N8O. The van der Waals surface area contributed by atoms with E-state index in [1.165, 1.54) is 0 Å². The average molecular weight is 416 g/mol. The molecule has 0 saturated carbocycles. The van der Waals surface area contributed by atoms with E-state index in [-0.39, 0.29) is 11.9 Å². The smallest absolute Gasteiger partial charge is 0.256 e. The molecule has 1 atom stereocenters. The van der Waals surface area contributed by atoms with Crippen LogP contribution >= 0.6 is 0 Å². The third-order valence-electron chi connectivity index (χ3n) is 5.24. The van der Waals surface area contributed by atoms with Gasteiger partial charge in [-0.05, 0) is 43.9 Å². The molecule has 0 aliphatic carbocycles. The minimum atomic E-state index is -0.240. The minimum absolute atomic E-state index is 0.168. The number of nitrogens with zero attached hydrogens (tertiary/aromatic N) is 5. The van der Waals surface area contributed by atoms with Crippen molar-refractivity contribution in [3.63, 3.8) is 0 Å². The fourth-order valence-corrected chi connectivity index (χ4v) is 3.63. The highest BCUT2D eigenvalue weighted by molar-refractivity contribution is 6.07. The van der Waals surface area contributed by atoms with E-state index in [2.05, 4.69) is 32.3 Å². The number of hydrogen-bond donors (Lipinski definition) is 3. The molecule has 3 aromatic rings. The molecule has 2 aromatic heterocycles. The Morgan fingerprint density at radius 1 is 1.29 bits per heavy atom. The minimum Gasteiger partial charge on any atom is -0.383 e. The molecule has 0 unspecified atom stereocenters. The SMILES string of the molecule is C=Nc1c(C(N)=NC)c(-c2ccc(C(=O)Nc3ccccn3)cc2)nn1[C@@H]1CCNC1. The summed E-state index contributed by atoms with van der Waals surface area (Å²) in [6, 6.07) is 12.7. The van der Waals surface area contributed by atoms with Gasteiger partial charge in [0.25, 0.3) is 5.91 Å². The number of aliphatic imine (C=N–C) groups is 2. The maximum atomic E-state index is 12.5. The number of nitrogens with two attached hydrogens (primary N) is 1. The summed E-state index contributed by atoms with van der Waals surface area (Å²) in [5.74, 6) is 1.20. The molecule has 1 saturated heterocycles. The number of amidine groups is 1. The summed E-state index contributed by atoms with van der Waals surface area (Å²) in [5.41, 5.74) is 8.84. The van der Waals surface area contributed by atoms with E-state index in [1.807, 2.05) is 22.9 Å². The van der Waals surface area contributed by atoms with Crippen LogP contribution in [-0.2, 0) is 0 Å². The number of pyridine rings is 1. The van der Waals surface area contributed by atoms with Crippen molar-refractivity contribution in [1.82, 2.24) is 20.1 Å². The largest absolute Gasteiger partial charge is 0.383 e. The molecule has 3 heterocycles. The van der Waals surface area contributed by atoms with Gasteiger partial charge in [-0.1, -0.05) is 18.2 Å². The van der Waals surface area contributed by atoms with Gasteiger partial charge in [-0.15, -0.1) is 0 Å². The molecular weight excluding hydrogens is 392 g/mol. The van der Waals surface area contributed by atoms with Crippen LogP contribution in [0.15, 0.2) is 58.6 Å². The lowest BCUT2D eigenvalue weighted by Gasteiger charge is -2.11. The summed E-state index contributed by atoms with van der Waals surface area (Å²) in [5, 5.41) is 10.9. The number of nitrogens with one attached hydrogen (secondary N) is 2. The Labute approximate surface area is 180 Å². The summed E-state index contributed by atoms with van der Waals surface area (Å²) in [7, 11) is 1.63. The number of amides is 1. The highest BCUT2D eigenvalue weighted by Gasteiger charge is 2.27. The molecule has 1 fully saturated rings. The molecule has 158 valence electrons. The molecule has 9 heteroatoms. The molecule has 9 nitrogen and oxygen atoms in total. The molecule has 1 aliphatic rings. The Balaban J connectivity index is 1.68. The van der Waals surface area contributed by atoms with Crippen LogP contribution in [0.3, 0.4) is 0 Å². The van der Waals surface area contributed by atoms with E-state index >= 15 is 0 Å². The second kappa shape index (κ2) is 8.88. The van der Waals surface area contributed by atoms with E-state index in [1.54, 1.807) is 37.5 Å². The molecule has 1 aromatic carbocycles. The first-order valence-corrected chi connectivity index (χ1v) is 9.97. The van der Waals surface area contributed by atoms with Crippen molar-refractivity contribution < 1.29 is 4.79 Å². The normalized spacial score (nSPS) is 16.3. The first kappa shape index (κ1) is 20.4. The number of rotatable bonds is 6. The number of anilines is 1. The molecule has 4 rings (SSSR count). The van der Waals surface area contributed by atoms with Gasteiger partial charge >= 0.3 is 0 Å². The second-order valence-electron chi connectivity index (χ2n) is 7.15. The van der Waals surface area contributed by atoms with E-state index in [0.29, 0.717) is 34.3 Å². The van der Waals surface area contributed by atoms with Crippen LogP contribution in [0, 0.1) is 0 Å². The first-order valence-electron chi connectivity index (χ1n) is 9.97. The zero-order valence-corrected chi connectivity index (χ0v) is 17.2. The van der Waals surface area contributed by atoms with E-state index < -0.39 is 0 Å². The standard InChI is InChI=1S/C22H24N8O/c1-24-20(23)18-19(29-30(21(18)25-2)16-10-12-26-13-16)14-6-8-15(9-7-14)22(31)28-17-5-3-4-11-27-17/h3-9,11,16,26H,2,10,12-13H2,1H3,(H2,23,24)(H,27,28,31)/t16-/m1/s1. The summed E-state index contributed by atoms with van der Waals surface area (Å²) in [4.78, 5) is 25.0. The van der Waals surface area contributed by atoms with Crippen LogP contribution in [0.1, 0.15) is 28.4 Å². The molecule has 1 aliphatic heterocycles. The number of benzene rings is 1. The van der Waals surface area contributed by atoms with Crippen molar-refractivity contribution >= 4 is 30.1 Å². The maximum absolute atomic E-state index is 12.5. The fourth-order valence-electron chi connectivity index (χ4n) is 3.63. The van der Waals surface area contributed by atoms with Gasteiger partial charge in [-0.2, -0.15) is 5.10 Å². The monoisotopic (exact) mass is 416 g/mol. The van der Waals surface area contributed by atoms with Crippen molar-refractivity contribution in [3.8, 4) is 11.3 Å². The lowest BCUT2D eigenvalue weighted by atomic mass is 10.0. The predicted molar refractivity (Wildman–Crippen MR) is 122 cm³/mol. The summed E-state index contributed by atoms with van der Waals surface area (Å²) in [6.07, 6.45) is 2.57. The van der Waals surface area contributed by atoms with Crippen molar-refractivity contribution in [3.05, 3.63) is 59.8 Å². The van der Waals surface area contributed by atoms with Crippen LogP contribution in [0.5, 0.6) is 0 Å². The third-order valence-corrected chi connectivity index (χ3v) is 5.24. The van der Waals surface area contributed by atoms with Gasteiger partial charge in [0.1, 0.15) is 17.3 Å². The number of carbonyl (C=O) groups excluding carboxylic acids is 1. The van der Waals surface area contributed by atoms with Crippen molar-refractivity contribution in [2.45, 2.75) is 12.5 Å². The van der Waals surface area contributed by atoms with Crippen molar-refractivity contribution in [2.75, 3.05) is 25.5 Å². The number of aromatic nitrogens is 3. The van der Waals surface area contributed by atoms with Crippen LogP contribution in [-0.4, -0.2) is 53.4 Å². The Bertz CT molecular complexity index is 1110. The van der Waals surface area contributed by atoms with E-state index in [4.69, 9.17) is 10.8 Å². The van der Waals surface area contributed by atoms with Gasteiger partial charge < -0.3 is 16.4 Å². The highest BCUT2D eigenvalue weighted by Crippen LogP contribution is 2.34. The van der Waals surface area contributed by atoms with Gasteiger partial charge in [-0.3, -0.25) is 9.79 Å². The van der Waals surface area contributed by atoms with E-state index in [9.17, 15) is 4.79 Å².